The van der Waals surface area contributed by atoms with E-state index in [1.165, 1.54) is 44.9 Å². The number of nitrogen functional groups attached to an aromatic ring is 2. The molecule has 6 nitrogen and oxygen atoms in total. The molecule has 0 saturated heterocycles. The lowest BCUT2D eigenvalue weighted by Crippen LogP contribution is -2.49. The van der Waals surface area contributed by atoms with Gasteiger partial charge in [0.15, 0.2) is 17.3 Å². The third-order valence-electron chi connectivity index (χ3n) is 5.25. The smallest absolute Gasteiger partial charge is 0.169 e. The molecule has 4 fully saturated rings. The molecule has 1 aromatic rings. The van der Waals surface area contributed by atoms with Gasteiger partial charge in [-0.3, -0.25) is 0 Å². The molecule has 0 atom stereocenters. The van der Waals surface area contributed by atoms with Crippen LogP contribution in [0.5, 0.6) is 0 Å². The molecule has 4 aliphatic carbocycles. The van der Waals surface area contributed by atoms with Gasteiger partial charge >= 0.3 is 0 Å². The van der Waals surface area contributed by atoms with Crippen LogP contribution in [0.2, 0.25) is 0 Å². The van der Waals surface area contributed by atoms with Crippen molar-refractivity contribution in [2.24, 2.45) is 28.0 Å². The van der Waals surface area contributed by atoms with E-state index in [0.717, 1.165) is 17.8 Å². The first-order valence-corrected chi connectivity index (χ1v) is 7.42. The van der Waals surface area contributed by atoms with Crippen LogP contribution in [-0.2, 0) is 0 Å². The molecule has 4 saturated carbocycles. The number of azo groups is 1. The fourth-order valence-corrected chi connectivity index (χ4v) is 4.85. The van der Waals surface area contributed by atoms with Gasteiger partial charge in [-0.15, -0.1) is 5.11 Å². The molecule has 0 amide bonds. The Morgan fingerprint density at radius 2 is 1.45 bits per heavy atom. The molecule has 0 aromatic carbocycles. The fourth-order valence-electron chi connectivity index (χ4n) is 4.85. The fraction of sp³-hybridized carbons (Fsp3) is 0.714. The molecule has 0 radical (unpaired) electrons. The van der Waals surface area contributed by atoms with E-state index < -0.39 is 0 Å². The minimum absolute atomic E-state index is 0.0312. The van der Waals surface area contributed by atoms with Crippen molar-refractivity contribution >= 4 is 17.3 Å². The van der Waals surface area contributed by atoms with E-state index in [0.29, 0.717) is 17.3 Å². The average Bonchev–Trinajstić information content (AvgIpc) is 2.36. The summed E-state index contributed by atoms with van der Waals surface area (Å²) in [6.45, 7) is 0. The Morgan fingerprint density at radius 3 is 1.95 bits per heavy atom. The standard InChI is InChI=1S/C14H20N6/c15-12-11(13(16)18-7-17-12)19-20-14-4-8-1-9(5-14)3-10(2-8)6-14/h7-10H,1-6H2,(H4,15,16,17,18). The minimum atomic E-state index is 0.0312. The molecule has 106 valence electrons. The number of aromatic nitrogens is 2. The van der Waals surface area contributed by atoms with Gasteiger partial charge in [-0.25, -0.2) is 9.97 Å². The van der Waals surface area contributed by atoms with Gasteiger partial charge in [-0.2, -0.15) is 5.11 Å². The Bertz CT molecular complexity index is 511. The highest BCUT2D eigenvalue weighted by molar-refractivity contribution is 5.69. The molecule has 1 heterocycles. The molecular formula is C14H20N6. The minimum Gasteiger partial charge on any atom is -0.382 e. The largest absolute Gasteiger partial charge is 0.382 e. The first-order chi connectivity index (χ1) is 9.63. The maximum atomic E-state index is 5.81. The topological polar surface area (TPSA) is 103 Å². The van der Waals surface area contributed by atoms with E-state index >= 15 is 0 Å². The molecule has 0 aliphatic heterocycles. The van der Waals surface area contributed by atoms with Gasteiger partial charge in [0.1, 0.15) is 6.33 Å². The number of hydrogen-bond donors (Lipinski definition) is 2. The van der Waals surface area contributed by atoms with Crippen molar-refractivity contribution in [2.75, 3.05) is 11.5 Å². The molecule has 5 rings (SSSR count). The SMILES string of the molecule is Nc1ncnc(N)c1N=NC12CC3CC(CC(C3)C1)C2. The summed E-state index contributed by atoms with van der Waals surface area (Å²) >= 11 is 0. The van der Waals surface area contributed by atoms with Gasteiger partial charge in [0, 0.05) is 0 Å². The van der Waals surface area contributed by atoms with Gasteiger partial charge in [0.05, 0.1) is 5.54 Å². The maximum Gasteiger partial charge on any atom is 0.169 e. The van der Waals surface area contributed by atoms with Crippen LogP contribution in [0, 0.1) is 17.8 Å². The molecule has 0 spiro atoms. The third kappa shape index (κ3) is 1.85. The van der Waals surface area contributed by atoms with Crippen molar-refractivity contribution < 1.29 is 0 Å². The summed E-state index contributed by atoms with van der Waals surface area (Å²) in [7, 11) is 0. The molecule has 0 unspecified atom stereocenters. The van der Waals surface area contributed by atoms with E-state index in [2.05, 4.69) is 15.1 Å². The number of nitrogens with zero attached hydrogens (tertiary/aromatic N) is 4. The zero-order chi connectivity index (χ0) is 13.7. The summed E-state index contributed by atoms with van der Waals surface area (Å²) < 4.78 is 0. The highest BCUT2D eigenvalue weighted by Crippen LogP contribution is 2.57. The van der Waals surface area contributed by atoms with Gasteiger partial charge in [0.25, 0.3) is 0 Å². The molecule has 4 N–H and O–H groups in total. The van der Waals surface area contributed by atoms with Crippen LogP contribution in [-0.4, -0.2) is 15.5 Å². The molecular weight excluding hydrogens is 252 g/mol. The van der Waals surface area contributed by atoms with Crippen LogP contribution in [0.15, 0.2) is 16.6 Å². The van der Waals surface area contributed by atoms with E-state index in [1.807, 2.05) is 0 Å². The number of rotatable bonds is 2. The third-order valence-corrected chi connectivity index (χ3v) is 5.25. The van der Waals surface area contributed by atoms with E-state index in [-0.39, 0.29) is 5.54 Å². The lowest BCUT2D eigenvalue weighted by molar-refractivity contribution is -0.00154. The quantitative estimate of drug-likeness (QED) is 0.808. The average molecular weight is 272 g/mol. The van der Waals surface area contributed by atoms with Crippen molar-refractivity contribution in [2.45, 2.75) is 44.1 Å². The Labute approximate surface area is 118 Å². The second-order valence-corrected chi connectivity index (χ2v) is 6.83. The van der Waals surface area contributed by atoms with Crippen LogP contribution in [0.4, 0.5) is 17.3 Å². The van der Waals surface area contributed by atoms with E-state index in [4.69, 9.17) is 16.6 Å². The van der Waals surface area contributed by atoms with Crippen molar-refractivity contribution in [3.05, 3.63) is 6.33 Å². The molecule has 20 heavy (non-hydrogen) atoms. The van der Waals surface area contributed by atoms with Crippen molar-refractivity contribution in [1.29, 1.82) is 0 Å². The predicted octanol–water partition coefficient (Wildman–Crippen LogP) is 2.69. The summed E-state index contributed by atoms with van der Waals surface area (Å²) in [5.41, 5.74) is 12.1. The summed E-state index contributed by atoms with van der Waals surface area (Å²) in [5, 5.41) is 9.04. The van der Waals surface area contributed by atoms with Crippen LogP contribution >= 0.6 is 0 Å². The van der Waals surface area contributed by atoms with Crippen molar-refractivity contribution in [3.63, 3.8) is 0 Å². The monoisotopic (exact) mass is 272 g/mol. The second-order valence-electron chi connectivity index (χ2n) is 6.83. The maximum absolute atomic E-state index is 5.81. The van der Waals surface area contributed by atoms with Gasteiger partial charge in [-0.05, 0) is 56.3 Å². The summed E-state index contributed by atoms with van der Waals surface area (Å²) in [6, 6.07) is 0. The molecule has 4 bridgehead atoms. The van der Waals surface area contributed by atoms with Crippen molar-refractivity contribution in [1.82, 2.24) is 9.97 Å². The number of nitrogens with two attached hydrogens (primary N) is 2. The first kappa shape index (κ1) is 12.1. The van der Waals surface area contributed by atoms with Crippen molar-refractivity contribution in [3.8, 4) is 0 Å². The molecule has 1 aromatic heterocycles. The van der Waals surface area contributed by atoms with Crippen LogP contribution in [0.1, 0.15) is 38.5 Å². The lowest BCUT2D eigenvalue weighted by Gasteiger charge is -2.54. The Morgan fingerprint density at radius 1 is 0.950 bits per heavy atom. The summed E-state index contributed by atoms with van der Waals surface area (Å²) in [5.74, 6) is 3.17. The summed E-state index contributed by atoms with van der Waals surface area (Å²) in [6.07, 6.45) is 9.07. The summed E-state index contributed by atoms with van der Waals surface area (Å²) in [4.78, 5) is 7.88. The number of hydrogen-bond acceptors (Lipinski definition) is 6. The van der Waals surface area contributed by atoms with Gasteiger partial charge in [0.2, 0.25) is 0 Å². The molecule has 4 aliphatic rings. The molecule has 6 heteroatoms. The highest BCUT2D eigenvalue weighted by Gasteiger charge is 2.51. The predicted molar refractivity (Wildman–Crippen MR) is 76.3 cm³/mol. The van der Waals surface area contributed by atoms with E-state index in [9.17, 15) is 0 Å². The Kier molecular flexibility index (Phi) is 2.49. The normalized spacial score (nSPS) is 38.7. The van der Waals surface area contributed by atoms with Crippen LogP contribution < -0.4 is 11.5 Å². The Hall–Kier alpha value is -1.72. The van der Waals surface area contributed by atoms with E-state index in [1.54, 1.807) is 0 Å². The number of anilines is 2. The second kappa shape index (κ2) is 4.14. The Balaban J connectivity index is 1.64. The van der Waals surface area contributed by atoms with Crippen LogP contribution in [0.25, 0.3) is 0 Å². The first-order valence-electron chi connectivity index (χ1n) is 7.42. The van der Waals surface area contributed by atoms with Gasteiger partial charge < -0.3 is 11.5 Å². The van der Waals surface area contributed by atoms with Crippen LogP contribution in [0.3, 0.4) is 0 Å². The van der Waals surface area contributed by atoms with Gasteiger partial charge in [-0.1, -0.05) is 0 Å². The lowest BCUT2D eigenvalue weighted by atomic mass is 9.53. The zero-order valence-corrected chi connectivity index (χ0v) is 11.5. The zero-order valence-electron chi connectivity index (χ0n) is 11.5. The highest BCUT2D eigenvalue weighted by atomic mass is 15.2.